The molecule has 0 saturated heterocycles. The zero-order valence-electron chi connectivity index (χ0n) is 14.2. The number of hydrogen-bond donors (Lipinski definition) is 0. The lowest BCUT2D eigenvalue weighted by atomic mass is 10.0. The minimum absolute atomic E-state index is 0.165. The molecule has 28 heavy (non-hydrogen) atoms. The summed E-state index contributed by atoms with van der Waals surface area (Å²) in [5.41, 5.74) is 3.33. The van der Waals surface area contributed by atoms with Crippen LogP contribution in [-0.4, -0.2) is 14.4 Å². The second kappa shape index (κ2) is 6.65. The van der Waals surface area contributed by atoms with Crippen molar-refractivity contribution in [1.82, 2.24) is 14.4 Å². The fraction of sp³-hybridized carbons (Fsp3) is 0. The van der Waals surface area contributed by atoms with Crippen LogP contribution in [0.25, 0.3) is 38.7 Å². The Balaban J connectivity index is 2.05. The molecule has 0 amide bonds. The molecule has 7 heteroatoms. The van der Waals surface area contributed by atoms with Gasteiger partial charge in [-0.2, -0.15) is 0 Å². The van der Waals surface area contributed by atoms with Crippen molar-refractivity contribution in [2.75, 3.05) is 0 Å². The molecule has 5 aromatic rings. The topological polar surface area (TPSA) is 47.3 Å². The second-order valence-electron chi connectivity index (χ2n) is 6.34. The molecule has 0 atom stereocenters. The third kappa shape index (κ3) is 2.75. The highest BCUT2D eigenvalue weighted by Gasteiger charge is 2.16. The van der Waals surface area contributed by atoms with E-state index < -0.39 is 0 Å². The van der Waals surface area contributed by atoms with Crippen LogP contribution in [0.3, 0.4) is 0 Å². The number of fused-ring (bicyclic) bond motifs is 4. The van der Waals surface area contributed by atoms with Gasteiger partial charge in [-0.25, -0.2) is 14.4 Å². The lowest BCUT2D eigenvalue weighted by Gasteiger charge is -2.13. The number of aromatic nitrogens is 3. The van der Waals surface area contributed by atoms with Crippen molar-refractivity contribution in [2.45, 2.75) is 0 Å². The normalized spacial score (nSPS) is 11.5. The summed E-state index contributed by atoms with van der Waals surface area (Å²) in [7, 11) is 0. The number of halogens is 3. The Bertz CT molecular complexity index is 1460. The van der Waals surface area contributed by atoms with Gasteiger partial charge in [0.15, 0.2) is 0 Å². The van der Waals surface area contributed by atoms with Gasteiger partial charge in [-0.15, -0.1) is 0 Å². The Labute approximate surface area is 181 Å². The average Bonchev–Trinajstić information content (AvgIpc) is 2.69. The van der Waals surface area contributed by atoms with Crippen molar-refractivity contribution >= 4 is 71.0 Å². The summed E-state index contributed by atoms with van der Waals surface area (Å²) in [5, 5.41) is 2.02. The van der Waals surface area contributed by atoms with Crippen molar-refractivity contribution < 1.29 is 0 Å². The molecule has 2 aromatic carbocycles. The summed E-state index contributed by atoms with van der Waals surface area (Å²) in [6.07, 6.45) is 1.68. The Morgan fingerprint density at radius 1 is 0.964 bits per heavy atom. The molecule has 0 N–H and O–H groups in total. The molecular weight excluding hydrogens is 506 g/mol. The minimum Gasteiger partial charge on any atom is -0.268 e. The van der Waals surface area contributed by atoms with Gasteiger partial charge < -0.3 is 0 Å². The average molecular weight is 516 g/mol. The van der Waals surface area contributed by atoms with Crippen LogP contribution in [0.4, 0.5) is 0 Å². The van der Waals surface area contributed by atoms with E-state index in [2.05, 4.69) is 36.8 Å². The van der Waals surface area contributed by atoms with Crippen LogP contribution < -0.4 is 5.56 Å². The second-order valence-corrected chi connectivity index (χ2v) is 8.55. The van der Waals surface area contributed by atoms with Crippen molar-refractivity contribution in [3.05, 3.63) is 85.1 Å². The van der Waals surface area contributed by atoms with E-state index in [1.165, 1.54) is 0 Å². The molecule has 0 fully saturated rings. The van der Waals surface area contributed by atoms with Gasteiger partial charge in [-0.05, 0) is 64.0 Å². The lowest BCUT2D eigenvalue weighted by Crippen LogP contribution is -2.17. The van der Waals surface area contributed by atoms with E-state index in [9.17, 15) is 4.79 Å². The molecule has 4 nitrogen and oxygen atoms in total. The third-order valence-electron chi connectivity index (χ3n) is 4.62. The molecule has 3 heterocycles. The third-order valence-corrected chi connectivity index (χ3v) is 5.93. The van der Waals surface area contributed by atoms with Gasteiger partial charge in [-0.3, -0.25) is 4.79 Å². The van der Waals surface area contributed by atoms with E-state index >= 15 is 0 Å². The quantitative estimate of drug-likeness (QED) is 0.196. The van der Waals surface area contributed by atoms with Crippen LogP contribution in [0.1, 0.15) is 0 Å². The fourth-order valence-electron chi connectivity index (χ4n) is 3.36. The number of hydrogen-bond acceptors (Lipinski definition) is 3. The first-order chi connectivity index (χ1) is 13.5. The zero-order valence-corrected chi connectivity index (χ0v) is 18.1. The molecule has 0 aliphatic heterocycles. The number of nitrogens with zero attached hydrogens (tertiary/aromatic N) is 3. The molecule has 0 aliphatic rings. The van der Waals surface area contributed by atoms with E-state index in [0.29, 0.717) is 27.2 Å². The summed E-state index contributed by atoms with van der Waals surface area (Å²) < 4.78 is 3.14. The molecule has 0 saturated carbocycles. The largest absolute Gasteiger partial charge is 0.268 e. The van der Waals surface area contributed by atoms with Gasteiger partial charge in [-0.1, -0.05) is 39.7 Å². The highest BCUT2D eigenvalue weighted by Crippen LogP contribution is 2.31. The first kappa shape index (κ1) is 17.8. The molecule has 136 valence electrons. The number of benzene rings is 2. The Hall–Kier alpha value is -2.28. The van der Waals surface area contributed by atoms with Crippen molar-refractivity contribution in [1.29, 1.82) is 0 Å². The highest BCUT2D eigenvalue weighted by atomic mass is 79.9. The summed E-state index contributed by atoms with van der Waals surface area (Å²) in [6.45, 7) is 0. The van der Waals surface area contributed by atoms with Crippen LogP contribution in [0.2, 0.25) is 5.02 Å². The summed E-state index contributed by atoms with van der Waals surface area (Å²) in [6, 6.07) is 17.0. The summed E-state index contributed by atoms with van der Waals surface area (Å²) >= 11 is 13.0. The number of pyridine rings is 2. The van der Waals surface area contributed by atoms with Crippen LogP contribution in [0.5, 0.6) is 0 Å². The standard InChI is InChI=1S/C21H10Br2ClN3O/c22-13-9-16-18(17(23)10-13)26-20-15(11-3-5-14(24)6-4-11)8-12-2-1-7-25-19(12)27(20)21(16)28/h1-10H. The first-order valence-electron chi connectivity index (χ1n) is 8.38. The van der Waals surface area contributed by atoms with Crippen LogP contribution in [-0.2, 0) is 0 Å². The predicted octanol–water partition coefficient (Wildman–Crippen LogP) is 6.24. The Kier molecular flexibility index (Phi) is 4.23. The van der Waals surface area contributed by atoms with E-state index in [1.54, 1.807) is 16.7 Å². The fourth-order valence-corrected chi connectivity index (χ4v) is 4.80. The summed E-state index contributed by atoms with van der Waals surface area (Å²) in [4.78, 5) is 22.8. The molecule has 3 aromatic heterocycles. The molecule has 0 spiro atoms. The maximum Gasteiger partial charge on any atom is 0.267 e. The van der Waals surface area contributed by atoms with Crippen molar-refractivity contribution in [3.8, 4) is 11.1 Å². The Morgan fingerprint density at radius 3 is 2.54 bits per heavy atom. The van der Waals surface area contributed by atoms with Gasteiger partial charge in [0.1, 0.15) is 11.3 Å². The van der Waals surface area contributed by atoms with Gasteiger partial charge in [0.25, 0.3) is 5.56 Å². The molecule has 0 aliphatic carbocycles. The number of rotatable bonds is 1. The van der Waals surface area contributed by atoms with Crippen molar-refractivity contribution in [3.63, 3.8) is 0 Å². The monoisotopic (exact) mass is 513 g/mol. The first-order valence-corrected chi connectivity index (χ1v) is 10.3. The van der Waals surface area contributed by atoms with Crippen LogP contribution in [0, 0.1) is 0 Å². The van der Waals surface area contributed by atoms with Gasteiger partial charge in [0, 0.05) is 31.1 Å². The van der Waals surface area contributed by atoms with Gasteiger partial charge in [0.2, 0.25) is 0 Å². The lowest BCUT2D eigenvalue weighted by molar-refractivity contribution is 1.09. The van der Waals surface area contributed by atoms with Gasteiger partial charge >= 0.3 is 0 Å². The van der Waals surface area contributed by atoms with Gasteiger partial charge in [0.05, 0.1) is 10.9 Å². The maximum absolute atomic E-state index is 13.5. The Morgan fingerprint density at radius 2 is 1.75 bits per heavy atom. The predicted molar refractivity (Wildman–Crippen MR) is 120 cm³/mol. The zero-order chi connectivity index (χ0) is 19.4. The SMILES string of the molecule is O=c1c2cc(Br)cc(Br)c2nc2c(-c3ccc(Cl)cc3)cc3cccnc3n12. The van der Waals surface area contributed by atoms with Crippen molar-refractivity contribution in [2.24, 2.45) is 0 Å². The van der Waals surface area contributed by atoms with Crippen LogP contribution in [0.15, 0.2) is 74.5 Å². The molecule has 0 bridgehead atoms. The summed E-state index contributed by atoms with van der Waals surface area (Å²) in [5.74, 6) is 0. The molecule has 0 unspecified atom stereocenters. The maximum atomic E-state index is 13.5. The van der Waals surface area contributed by atoms with E-state index in [4.69, 9.17) is 16.6 Å². The van der Waals surface area contributed by atoms with E-state index in [1.807, 2.05) is 48.5 Å². The van der Waals surface area contributed by atoms with E-state index in [-0.39, 0.29) is 5.56 Å². The molecule has 0 radical (unpaired) electrons. The van der Waals surface area contributed by atoms with Crippen LogP contribution >= 0.6 is 43.5 Å². The molecular formula is C21H10Br2ClN3O. The van der Waals surface area contributed by atoms with E-state index in [0.717, 1.165) is 25.5 Å². The highest BCUT2D eigenvalue weighted by molar-refractivity contribution is 9.11. The molecule has 5 rings (SSSR count). The smallest absolute Gasteiger partial charge is 0.267 e. The minimum atomic E-state index is -0.165.